The highest BCUT2D eigenvalue weighted by Gasteiger charge is 2.30. The Kier molecular flexibility index (Phi) is 5.94. The van der Waals surface area contributed by atoms with Crippen LogP contribution in [0, 0.1) is 5.92 Å². The van der Waals surface area contributed by atoms with Crippen molar-refractivity contribution in [3.05, 3.63) is 0 Å². The predicted molar refractivity (Wildman–Crippen MR) is 51.0 cm³/mol. The molecule has 0 fully saturated rings. The zero-order valence-electron chi connectivity index (χ0n) is 8.80. The number of alkyl halides is 3. The Hall–Kier alpha value is 0.0200. The Labute approximate surface area is 91.1 Å². The minimum atomic E-state index is -4.38. The summed E-state index contributed by atoms with van der Waals surface area (Å²) in [5.74, 6) is -1.49. The van der Waals surface area contributed by atoms with Crippen LogP contribution < -0.4 is 0 Å². The summed E-state index contributed by atoms with van der Waals surface area (Å²) in [4.78, 5) is 0. The van der Waals surface area contributed by atoms with E-state index in [-0.39, 0.29) is 19.1 Å². The third kappa shape index (κ3) is 11.9. The number of hydrogen-bond donors (Lipinski definition) is 1. The SMILES string of the molecule is CC(COSC(F)(F)F)COC(C)(C)O. The second-order valence-corrected chi connectivity index (χ2v) is 4.54. The van der Waals surface area contributed by atoms with E-state index >= 15 is 0 Å². The lowest BCUT2D eigenvalue weighted by atomic mass is 10.2. The maximum atomic E-state index is 11.6. The van der Waals surface area contributed by atoms with Crippen molar-refractivity contribution < 1.29 is 27.2 Å². The van der Waals surface area contributed by atoms with Crippen molar-refractivity contribution in [2.24, 2.45) is 5.92 Å². The average Bonchev–Trinajstić information content (AvgIpc) is 1.97. The van der Waals surface area contributed by atoms with Crippen LogP contribution in [0.4, 0.5) is 13.2 Å². The van der Waals surface area contributed by atoms with Crippen LogP contribution in [0.3, 0.4) is 0 Å². The molecule has 0 saturated carbocycles. The van der Waals surface area contributed by atoms with Crippen molar-refractivity contribution in [1.29, 1.82) is 0 Å². The monoisotopic (exact) mass is 248 g/mol. The standard InChI is InChI=1S/C8H15F3O3S/c1-6(4-13-7(2,3)12)5-14-15-8(9,10)11/h6,12H,4-5H2,1-3H3. The molecule has 3 nitrogen and oxygen atoms in total. The van der Waals surface area contributed by atoms with Gasteiger partial charge in [-0.1, -0.05) is 6.92 Å². The summed E-state index contributed by atoms with van der Waals surface area (Å²) < 4.78 is 44.3. The Morgan fingerprint density at radius 1 is 1.27 bits per heavy atom. The van der Waals surface area contributed by atoms with Gasteiger partial charge in [-0.05, 0) is 13.8 Å². The molecule has 15 heavy (non-hydrogen) atoms. The molecule has 0 aromatic heterocycles. The molecule has 0 heterocycles. The number of halogens is 3. The van der Waals surface area contributed by atoms with Gasteiger partial charge in [0, 0.05) is 5.92 Å². The quantitative estimate of drug-likeness (QED) is 0.579. The molecule has 92 valence electrons. The maximum absolute atomic E-state index is 11.6. The van der Waals surface area contributed by atoms with Gasteiger partial charge in [0.15, 0.2) is 5.79 Å². The molecule has 1 unspecified atom stereocenters. The smallest absolute Gasteiger partial charge is 0.366 e. The zero-order valence-corrected chi connectivity index (χ0v) is 9.61. The van der Waals surface area contributed by atoms with Crippen LogP contribution in [-0.4, -0.2) is 29.6 Å². The van der Waals surface area contributed by atoms with Crippen LogP contribution in [0.2, 0.25) is 0 Å². The fourth-order valence-corrected chi connectivity index (χ4v) is 1.05. The molecule has 1 N–H and O–H groups in total. The minimum Gasteiger partial charge on any atom is -0.366 e. The van der Waals surface area contributed by atoms with Gasteiger partial charge in [-0.3, -0.25) is 0 Å². The lowest BCUT2D eigenvalue weighted by Gasteiger charge is -2.21. The molecule has 0 radical (unpaired) electrons. The highest BCUT2D eigenvalue weighted by Crippen LogP contribution is 2.31. The molecule has 0 rings (SSSR count). The summed E-state index contributed by atoms with van der Waals surface area (Å²) in [5.41, 5.74) is -4.38. The van der Waals surface area contributed by atoms with Gasteiger partial charge in [-0.15, -0.1) is 0 Å². The molecule has 0 aromatic carbocycles. The average molecular weight is 248 g/mol. The normalized spacial score (nSPS) is 15.4. The van der Waals surface area contributed by atoms with Crippen molar-refractivity contribution in [1.82, 2.24) is 0 Å². The van der Waals surface area contributed by atoms with Crippen molar-refractivity contribution in [2.75, 3.05) is 13.2 Å². The third-order valence-electron chi connectivity index (χ3n) is 1.23. The second-order valence-electron chi connectivity index (χ2n) is 3.68. The molecule has 0 amide bonds. The fraction of sp³-hybridized carbons (Fsp3) is 1.00. The Bertz CT molecular complexity index is 179. The van der Waals surface area contributed by atoms with E-state index in [0.29, 0.717) is 0 Å². The first kappa shape index (κ1) is 15.0. The largest absolute Gasteiger partial charge is 0.467 e. The summed E-state index contributed by atoms with van der Waals surface area (Å²) in [6, 6.07) is 0. The van der Waals surface area contributed by atoms with Crippen molar-refractivity contribution >= 4 is 12.0 Å². The molecular weight excluding hydrogens is 233 g/mol. The number of aliphatic hydroxyl groups is 1. The Balaban J connectivity index is 3.54. The summed E-state index contributed by atoms with van der Waals surface area (Å²) in [6.45, 7) is 4.63. The molecule has 0 aromatic rings. The van der Waals surface area contributed by atoms with Gasteiger partial charge in [-0.2, -0.15) is 13.2 Å². The van der Waals surface area contributed by atoms with E-state index in [4.69, 9.17) is 4.74 Å². The van der Waals surface area contributed by atoms with E-state index in [1.54, 1.807) is 6.92 Å². The van der Waals surface area contributed by atoms with E-state index in [0.717, 1.165) is 0 Å². The first-order chi connectivity index (χ1) is 6.60. The summed E-state index contributed by atoms with van der Waals surface area (Å²) >= 11 is -0.523. The van der Waals surface area contributed by atoms with Crippen LogP contribution in [0.15, 0.2) is 0 Å². The second kappa shape index (κ2) is 5.93. The molecule has 0 bridgehead atoms. The van der Waals surface area contributed by atoms with Gasteiger partial charge in [0.1, 0.15) is 12.0 Å². The van der Waals surface area contributed by atoms with Crippen LogP contribution in [-0.2, 0) is 8.92 Å². The van der Waals surface area contributed by atoms with Gasteiger partial charge in [-0.25, -0.2) is 0 Å². The molecular formula is C8H15F3O3S. The number of ether oxygens (including phenoxy) is 1. The summed E-state index contributed by atoms with van der Waals surface area (Å²) in [6.07, 6.45) is 0. The third-order valence-corrected chi connectivity index (χ3v) is 1.67. The zero-order chi connectivity index (χ0) is 12.1. The molecule has 0 aliphatic carbocycles. The molecule has 0 aliphatic rings. The first-order valence-corrected chi connectivity index (χ1v) is 5.08. The maximum Gasteiger partial charge on any atom is 0.467 e. The minimum absolute atomic E-state index is 0.0831. The van der Waals surface area contributed by atoms with E-state index < -0.39 is 23.3 Å². The van der Waals surface area contributed by atoms with E-state index in [1.165, 1.54) is 13.8 Å². The Morgan fingerprint density at radius 2 is 1.80 bits per heavy atom. The van der Waals surface area contributed by atoms with E-state index in [9.17, 15) is 18.3 Å². The Morgan fingerprint density at radius 3 is 2.20 bits per heavy atom. The fourth-order valence-electron chi connectivity index (χ4n) is 0.611. The van der Waals surface area contributed by atoms with Gasteiger partial charge < -0.3 is 14.0 Å². The molecule has 0 saturated heterocycles. The summed E-state index contributed by atoms with van der Waals surface area (Å²) in [7, 11) is 0. The van der Waals surface area contributed by atoms with Crippen molar-refractivity contribution in [3.63, 3.8) is 0 Å². The van der Waals surface area contributed by atoms with Gasteiger partial charge >= 0.3 is 5.51 Å². The lowest BCUT2D eigenvalue weighted by Crippen LogP contribution is -2.27. The van der Waals surface area contributed by atoms with Crippen molar-refractivity contribution in [2.45, 2.75) is 32.1 Å². The first-order valence-electron chi connectivity index (χ1n) is 4.34. The van der Waals surface area contributed by atoms with Gasteiger partial charge in [0.2, 0.25) is 0 Å². The predicted octanol–water partition coefficient (Wildman–Crippen LogP) is 2.55. The van der Waals surface area contributed by atoms with Gasteiger partial charge in [0.05, 0.1) is 13.2 Å². The molecule has 0 spiro atoms. The molecule has 0 aliphatic heterocycles. The highest BCUT2D eigenvalue weighted by atomic mass is 32.2. The van der Waals surface area contributed by atoms with Crippen LogP contribution in [0.1, 0.15) is 20.8 Å². The molecule has 1 atom stereocenters. The lowest BCUT2D eigenvalue weighted by molar-refractivity contribution is -0.183. The number of hydrogen-bond acceptors (Lipinski definition) is 4. The highest BCUT2D eigenvalue weighted by molar-refractivity contribution is 7.95. The van der Waals surface area contributed by atoms with Gasteiger partial charge in [0.25, 0.3) is 0 Å². The van der Waals surface area contributed by atoms with E-state index in [2.05, 4.69) is 4.18 Å². The van der Waals surface area contributed by atoms with Crippen LogP contribution in [0.25, 0.3) is 0 Å². The van der Waals surface area contributed by atoms with Crippen molar-refractivity contribution in [3.8, 4) is 0 Å². The molecule has 7 heteroatoms. The van der Waals surface area contributed by atoms with E-state index in [1.807, 2.05) is 0 Å². The number of rotatable bonds is 6. The summed E-state index contributed by atoms with van der Waals surface area (Å²) in [5, 5.41) is 9.17. The van der Waals surface area contributed by atoms with Crippen LogP contribution in [0.5, 0.6) is 0 Å². The van der Waals surface area contributed by atoms with Crippen LogP contribution >= 0.6 is 12.0 Å². The topological polar surface area (TPSA) is 38.7 Å².